The minimum absolute atomic E-state index is 0.151. The van der Waals surface area contributed by atoms with Crippen molar-refractivity contribution in [3.05, 3.63) is 42.9 Å². The number of hydrogen-bond acceptors (Lipinski definition) is 5. The predicted molar refractivity (Wildman–Crippen MR) is 71.1 cm³/mol. The summed E-state index contributed by atoms with van der Waals surface area (Å²) in [6.07, 6.45) is 0. The van der Waals surface area contributed by atoms with Gasteiger partial charge in [0.1, 0.15) is 0 Å². The number of benzene rings is 1. The van der Waals surface area contributed by atoms with Gasteiger partial charge in [0.25, 0.3) is 0 Å². The maximum Gasteiger partial charge on any atom is 0.321 e. The van der Waals surface area contributed by atoms with E-state index >= 15 is 0 Å². The van der Waals surface area contributed by atoms with Crippen LogP contribution < -0.4 is 4.90 Å². The Morgan fingerprint density at radius 1 is 1.11 bits per heavy atom. The number of oxime groups is 1. The number of anilines is 1. The summed E-state index contributed by atoms with van der Waals surface area (Å²) in [4.78, 5) is 12.4. The summed E-state index contributed by atoms with van der Waals surface area (Å²) < 4.78 is 0. The summed E-state index contributed by atoms with van der Waals surface area (Å²) in [5, 5.41) is 5.06. The first kappa shape index (κ1) is 12.4. The fourth-order valence-electron chi connectivity index (χ4n) is 1.91. The Hall–Kier alpha value is -2.01. The molecule has 0 saturated carbocycles. The third kappa shape index (κ3) is 3.24. The summed E-state index contributed by atoms with van der Waals surface area (Å²) in [5.74, 6) is 0.151. The maximum atomic E-state index is 5.37. The normalized spacial score (nSPS) is 16.1. The molecule has 1 aliphatic rings. The van der Waals surface area contributed by atoms with Gasteiger partial charge in [-0.1, -0.05) is 23.4 Å². The fraction of sp³-hybridized carbons (Fsp3) is 0.308. The van der Waals surface area contributed by atoms with E-state index in [1.165, 1.54) is 5.69 Å². The highest BCUT2D eigenvalue weighted by atomic mass is 16.8. The molecule has 0 unspecified atom stereocenters. The van der Waals surface area contributed by atoms with Gasteiger partial charge in [-0.05, 0) is 18.7 Å². The first-order valence-electron chi connectivity index (χ1n) is 5.84. The van der Waals surface area contributed by atoms with Crippen molar-refractivity contribution >= 4 is 12.4 Å². The second-order valence-electron chi connectivity index (χ2n) is 3.94. The zero-order chi connectivity index (χ0) is 12.8. The molecule has 1 fully saturated rings. The molecule has 0 aromatic heterocycles. The van der Waals surface area contributed by atoms with Crippen LogP contribution >= 0.6 is 0 Å². The Morgan fingerprint density at radius 2 is 1.78 bits per heavy atom. The molecule has 0 bridgehead atoms. The lowest BCUT2D eigenvalue weighted by atomic mass is 10.2. The van der Waals surface area contributed by atoms with E-state index in [1.54, 1.807) is 0 Å². The van der Waals surface area contributed by atoms with Crippen LogP contribution in [-0.2, 0) is 9.68 Å². The van der Waals surface area contributed by atoms with Crippen molar-refractivity contribution in [3.8, 4) is 0 Å². The van der Waals surface area contributed by atoms with E-state index in [0.29, 0.717) is 0 Å². The summed E-state index contributed by atoms with van der Waals surface area (Å²) in [7, 11) is 0. The van der Waals surface area contributed by atoms with Gasteiger partial charge < -0.3 is 14.6 Å². The summed E-state index contributed by atoms with van der Waals surface area (Å²) >= 11 is 0. The van der Waals surface area contributed by atoms with Gasteiger partial charge in [-0.3, -0.25) is 0 Å². The Bertz CT molecular complexity index is 400. The molecule has 0 radical (unpaired) electrons. The highest BCUT2D eigenvalue weighted by Gasteiger charge is 2.19. The van der Waals surface area contributed by atoms with Crippen molar-refractivity contribution in [1.29, 1.82) is 0 Å². The van der Waals surface area contributed by atoms with Gasteiger partial charge >= 0.3 is 5.95 Å². The van der Waals surface area contributed by atoms with Crippen LogP contribution in [0.25, 0.3) is 0 Å². The van der Waals surface area contributed by atoms with Gasteiger partial charge in [0.2, 0.25) is 0 Å². The average molecular weight is 247 g/mol. The lowest BCUT2D eigenvalue weighted by molar-refractivity contribution is -0.169. The van der Waals surface area contributed by atoms with Crippen molar-refractivity contribution in [1.82, 2.24) is 5.06 Å². The van der Waals surface area contributed by atoms with Crippen LogP contribution in [0.2, 0.25) is 0 Å². The molecule has 5 nitrogen and oxygen atoms in total. The standard InChI is InChI=1S/C13H17N3O2/c1-12(17-14-2)18-16-10-8-15(9-11-16)13-6-4-3-5-7-13/h3-7H,1-2,8-11H2. The zero-order valence-electron chi connectivity index (χ0n) is 10.3. The average Bonchev–Trinajstić information content (AvgIpc) is 2.41. The molecule has 96 valence electrons. The molecule has 0 spiro atoms. The smallest absolute Gasteiger partial charge is 0.321 e. The fourth-order valence-corrected chi connectivity index (χ4v) is 1.91. The molecule has 2 rings (SSSR count). The van der Waals surface area contributed by atoms with E-state index in [9.17, 15) is 0 Å². The minimum atomic E-state index is 0.151. The first-order chi connectivity index (χ1) is 8.79. The SMILES string of the molecule is C=NOC(=C)ON1CCN(c2ccccc2)CC1. The quantitative estimate of drug-likeness (QED) is 0.452. The molecule has 0 amide bonds. The number of hydrogen-bond donors (Lipinski definition) is 0. The maximum absolute atomic E-state index is 5.37. The topological polar surface area (TPSA) is 37.3 Å². The lowest BCUT2D eigenvalue weighted by Gasteiger charge is -2.34. The Labute approximate surface area is 107 Å². The second-order valence-corrected chi connectivity index (χ2v) is 3.94. The van der Waals surface area contributed by atoms with Gasteiger partial charge in [0, 0.05) is 25.5 Å². The zero-order valence-corrected chi connectivity index (χ0v) is 10.3. The molecule has 18 heavy (non-hydrogen) atoms. The minimum Gasteiger partial charge on any atom is -0.369 e. The number of hydroxylamine groups is 2. The van der Waals surface area contributed by atoms with Gasteiger partial charge in [0.05, 0.1) is 13.1 Å². The molecule has 0 atom stereocenters. The van der Waals surface area contributed by atoms with Gasteiger partial charge in [0.15, 0.2) is 0 Å². The predicted octanol–water partition coefficient (Wildman–Crippen LogP) is 1.84. The third-order valence-electron chi connectivity index (χ3n) is 2.76. The summed E-state index contributed by atoms with van der Waals surface area (Å²) in [6.45, 7) is 10.2. The van der Waals surface area contributed by atoms with Crippen LogP contribution in [-0.4, -0.2) is 38.0 Å². The Kier molecular flexibility index (Phi) is 4.20. The molecular weight excluding hydrogens is 230 g/mol. The summed E-state index contributed by atoms with van der Waals surface area (Å²) in [5.41, 5.74) is 1.24. The Balaban J connectivity index is 1.81. The van der Waals surface area contributed by atoms with E-state index in [1.807, 2.05) is 23.3 Å². The van der Waals surface area contributed by atoms with Crippen LogP contribution in [0, 0.1) is 0 Å². The first-order valence-corrected chi connectivity index (χ1v) is 5.84. The van der Waals surface area contributed by atoms with Crippen LogP contribution in [0.4, 0.5) is 5.69 Å². The van der Waals surface area contributed by atoms with Crippen molar-refractivity contribution < 1.29 is 9.68 Å². The largest absolute Gasteiger partial charge is 0.369 e. The second kappa shape index (κ2) is 6.07. The molecule has 1 heterocycles. The van der Waals surface area contributed by atoms with Crippen LogP contribution in [0.1, 0.15) is 0 Å². The highest BCUT2D eigenvalue weighted by Crippen LogP contribution is 2.16. The number of piperazine rings is 1. The molecule has 5 heteroatoms. The lowest BCUT2D eigenvalue weighted by Crippen LogP contribution is -2.46. The van der Waals surface area contributed by atoms with Crippen molar-refractivity contribution in [2.75, 3.05) is 31.1 Å². The molecule has 0 aliphatic carbocycles. The van der Waals surface area contributed by atoms with E-state index in [0.717, 1.165) is 26.2 Å². The van der Waals surface area contributed by atoms with Crippen molar-refractivity contribution in [3.63, 3.8) is 0 Å². The van der Waals surface area contributed by atoms with Crippen LogP contribution in [0.5, 0.6) is 0 Å². The monoisotopic (exact) mass is 247 g/mol. The van der Waals surface area contributed by atoms with Crippen LogP contribution in [0.3, 0.4) is 0 Å². The molecule has 1 aromatic carbocycles. The third-order valence-corrected chi connectivity index (χ3v) is 2.76. The number of rotatable bonds is 5. The molecule has 1 aromatic rings. The van der Waals surface area contributed by atoms with Gasteiger partial charge in [-0.15, -0.1) is 5.06 Å². The molecule has 0 N–H and O–H groups in total. The van der Waals surface area contributed by atoms with Crippen LogP contribution in [0.15, 0.2) is 48.0 Å². The van der Waals surface area contributed by atoms with Gasteiger partial charge in [-0.2, -0.15) is 0 Å². The summed E-state index contributed by atoms with van der Waals surface area (Å²) in [6, 6.07) is 10.3. The number of para-hydroxylation sites is 1. The van der Waals surface area contributed by atoms with Crippen molar-refractivity contribution in [2.45, 2.75) is 0 Å². The molecule has 1 aliphatic heterocycles. The number of nitrogens with zero attached hydrogens (tertiary/aromatic N) is 3. The van der Waals surface area contributed by atoms with E-state index in [-0.39, 0.29) is 5.95 Å². The van der Waals surface area contributed by atoms with E-state index in [4.69, 9.17) is 9.68 Å². The van der Waals surface area contributed by atoms with E-state index in [2.05, 4.69) is 35.5 Å². The van der Waals surface area contributed by atoms with E-state index < -0.39 is 0 Å². The molecule has 1 saturated heterocycles. The molecular formula is C13H17N3O2. The highest BCUT2D eigenvalue weighted by molar-refractivity contribution is 5.46. The Morgan fingerprint density at radius 3 is 2.39 bits per heavy atom. The van der Waals surface area contributed by atoms with Gasteiger partial charge in [-0.25, -0.2) is 0 Å². The van der Waals surface area contributed by atoms with Crippen molar-refractivity contribution in [2.24, 2.45) is 5.16 Å².